The topological polar surface area (TPSA) is 51.8 Å². The molecule has 0 amide bonds. The lowest BCUT2D eigenvalue weighted by Gasteiger charge is -2.06. The van der Waals surface area contributed by atoms with E-state index in [1.54, 1.807) is 6.20 Å². The maximum absolute atomic E-state index is 12.8. The van der Waals surface area contributed by atoms with Gasteiger partial charge in [0.2, 0.25) is 11.8 Å². The predicted molar refractivity (Wildman–Crippen MR) is 119 cm³/mol. The molecule has 0 aliphatic rings. The van der Waals surface area contributed by atoms with E-state index in [0.29, 0.717) is 17.0 Å². The lowest BCUT2D eigenvalue weighted by molar-refractivity contribution is -0.137. The summed E-state index contributed by atoms with van der Waals surface area (Å²) in [5.41, 5.74) is 4.39. The zero-order chi connectivity index (χ0) is 22.8. The van der Waals surface area contributed by atoms with Crippen LogP contribution < -0.4 is 0 Å². The Hall–Kier alpha value is -4.26. The number of pyridine rings is 1. The third-order valence-corrected chi connectivity index (χ3v) is 5.17. The van der Waals surface area contributed by atoms with Crippen molar-refractivity contribution in [3.8, 4) is 45.3 Å². The minimum absolute atomic E-state index is 0.158. The minimum atomic E-state index is -4.39. The lowest BCUT2D eigenvalue weighted by Crippen LogP contribution is -2.03. The number of nitrogens with zero attached hydrogens (tertiary/aromatic N) is 3. The Kier molecular flexibility index (Phi) is 5.22. The van der Waals surface area contributed by atoms with Crippen LogP contribution in [0.4, 0.5) is 13.2 Å². The first-order valence-corrected chi connectivity index (χ1v) is 10.1. The van der Waals surface area contributed by atoms with Gasteiger partial charge < -0.3 is 4.42 Å². The van der Waals surface area contributed by atoms with E-state index in [2.05, 4.69) is 21.2 Å². The van der Waals surface area contributed by atoms with E-state index in [4.69, 9.17) is 4.42 Å². The second-order valence-electron chi connectivity index (χ2n) is 7.36. The molecule has 3 aromatic carbocycles. The highest BCUT2D eigenvalue weighted by molar-refractivity contribution is 5.73. The summed E-state index contributed by atoms with van der Waals surface area (Å²) in [5.74, 6) is 0.449. The molecule has 7 heteroatoms. The van der Waals surface area contributed by atoms with Crippen molar-refractivity contribution in [1.82, 2.24) is 15.2 Å². The molecular weight excluding hydrogens is 427 g/mol. The van der Waals surface area contributed by atoms with Crippen LogP contribution in [0.1, 0.15) is 5.56 Å². The summed E-state index contributed by atoms with van der Waals surface area (Å²) in [5, 5.41) is 8.02. The zero-order valence-electron chi connectivity index (χ0n) is 17.1. The van der Waals surface area contributed by atoms with Crippen molar-refractivity contribution < 1.29 is 17.6 Å². The van der Waals surface area contributed by atoms with E-state index in [9.17, 15) is 13.2 Å². The van der Waals surface area contributed by atoms with E-state index in [1.165, 1.54) is 12.1 Å². The summed E-state index contributed by atoms with van der Waals surface area (Å²) < 4.78 is 44.0. The molecule has 0 aliphatic heterocycles. The summed E-state index contributed by atoms with van der Waals surface area (Å²) in [7, 11) is 0. The molecule has 2 aromatic heterocycles. The summed E-state index contributed by atoms with van der Waals surface area (Å²) >= 11 is 0. The number of rotatable bonds is 4. The first-order valence-electron chi connectivity index (χ1n) is 10.1. The van der Waals surface area contributed by atoms with Gasteiger partial charge in [-0.05, 0) is 65.7 Å². The van der Waals surface area contributed by atoms with Gasteiger partial charge in [0.1, 0.15) is 0 Å². The highest BCUT2D eigenvalue weighted by Crippen LogP contribution is 2.32. The SMILES string of the molecule is FC(F)(F)c1ccc(-c2nnc(-c3ccc(-c4cccc(-c5ccccn5)c4)cc3)o2)cc1. The van der Waals surface area contributed by atoms with E-state index in [1.807, 2.05) is 60.7 Å². The van der Waals surface area contributed by atoms with Gasteiger partial charge in [-0.15, -0.1) is 10.2 Å². The lowest BCUT2D eigenvalue weighted by atomic mass is 10.0. The van der Waals surface area contributed by atoms with Gasteiger partial charge in [-0.3, -0.25) is 4.98 Å². The van der Waals surface area contributed by atoms with Crippen LogP contribution in [0.5, 0.6) is 0 Å². The van der Waals surface area contributed by atoms with Crippen molar-refractivity contribution in [3.63, 3.8) is 0 Å². The Bertz CT molecular complexity index is 1380. The molecule has 0 aliphatic carbocycles. The van der Waals surface area contributed by atoms with Gasteiger partial charge in [-0.2, -0.15) is 13.2 Å². The highest BCUT2D eigenvalue weighted by atomic mass is 19.4. The molecule has 0 unspecified atom stereocenters. The first-order chi connectivity index (χ1) is 16.0. The summed E-state index contributed by atoms with van der Waals surface area (Å²) in [6.07, 6.45) is -2.63. The van der Waals surface area contributed by atoms with Crippen LogP contribution in [-0.4, -0.2) is 15.2 Å². The Balaban J connectivity index is 1.37. The quantitative estimate of drug-likeness (QED) is 0.296. The molecule has 0 fully saturated rings. The predicted octanol–water partition coefficient (Wildman–Crippen LogP) is 7.15. The van der Waals surface area contributed by atoms with Crippen LogP contribution in [-0.2, 0) is 6.18 Å². The van der Waals surface area contributed by atoms with Gasteiger partial charge in [0.05, 0.1) is 11.3 Å². The Labute approximate surface area is 187 Å². The molecule has 0 N–H and O–H groups in total. The number of aromatic nitrogens is 3. The van der Waals surface area contributed by atoms with Gasteiger partial charge in [-0.1, -0.05) is 36.4 Å². The molecular formula is C26H16F3N3O. The Morgan fingerprint density at radius 3 is 1.79 bits per heavy atom. The van der Waals surface area contributed by atoms with Crippen molar-refractivity contribution >= 4 is 0 Å². The molecule has 5 rings (SSSR count). The molecule has 0 radical (unpaired) electrons. The largest absolute Gasteiger partial charge is 0.416 e. The van der Waals surface area contributed by atoms with Gasteiger partial charge >= 0.3 is 6.18 Å². The third-order valence-electron chi connectivity index (χ3n) is 5.17. The third kappa shape index (κ3) is 4.39. The van der Waals surface area contributed by atoms with E-state index < -0.39 is 11.7 Å². The average Bonchev–Trinajstić information content (AvgIpc) is 3.35. The molecule has 33 heavy (non-hydrogen) atoms. The molecule has 0 saturated carbocycles. The highest BCUT2D eigenvalue weighted by Gasteiger charge is 2.30. The fourth-order valence-electron chi connectivity index (χ4n) is 3.46. The van der Waals surface area contributed by atoms with Crippen LogP contribution >= 0.6 is 0 Å². The minimum Gasteiger partial charge on any atom is -0.416 e. The molecule has 162 valence electrons. The zero-order valence-corrected chi connectivity index (χ0v) is 17.1. The first kappa shape index (κ1) is 20.6. The Morgan fingerprint density at radius 2 is 1.18 bits per heavy atom. The van der Waals surface area contributed by atoms with Crippen molar-refractivity contribution in [3.05, 3.63) is 103 Å². The Morgan fingerprint density at radius 1 is 0.576 bits per heavy atom. The average molecular weight is 443 g/mol. The van der Waals surface area contributed by atoms with Crippen molar-refractivity contribution in [1.29, 1.82) is 0 Å². The van der Waals surface area contributed by atoms with Crippen molar-refractivity contribution in [2.75, 3.05) is 0 Å². The monoisotopic (exact) mass is 443 g/mol. The number of hydrogen-bond donors (Lipinski definition) is 0. The second-order valence-corrected chi connectivity index (χ2v) is 7.36. The fourth-order valence-corrected chi connectivity index (χ4v) is 3.46. The summed E-state index contributed by atoms with van der Waals surface area (Å²) in [4.78, 5) is 4.40. The van der Waals surface area contributed by atoms with Crippen LogP contribution in [0.25, 0.3) is 45.3 Å². The van der Waals surface area contributed by atoms with Gasteiger partial charge in [0, 0.05) is 22.9 Å². The van der Waals surface area contributed by atoms with E-state index in [0.717, 1.165) is 34.5 Å². The van der Waals surface area contributed by atoms with E-state index >= 15 is 0 Å². The van der Waals surface area contributed by atoms with Crippen molar-refractivity contribution in [2.45, 2.75) is 6.18 Å². The summed E-state index contributed by atoms with van der Waals surface area (Å²) in [6, 6.07) is 26.2. The fraction of sp³-hybridized carbons (Fsp3) is 0.0385. The molecule has 2 heterocycles. The van der Waals surface area contributed by atoms with Gasteiger partial charge in [0.25, 0.3) is 0 Å². The molecule has 0 bridgehead atoms. The van der Waals surface area contributed by atoms with Crippen molar-refractivity contribution in [2.24, 2.45) is 0 Å². The van der Waals surface area contributed by atoms with Crippen LogP contribution in [0.15, 0.2) is 102 Å². The standard InChI is InChI=1S/C26H16F3N3O/c27-26(28,29)22-13-11-19(12-14-22)25-32-31-24(33-25)18-9-7-17(8-10-18)20-4-3-5-21(16-20)23-6-1-2-15-30-23/h1-16H. The smallest absolute Gasteiger partial charge is 0.416 e. The number of alkyl halides is 3. The van der Waals surface area contributed by atoms with Gasteiger partial charge in [-0.25, -0.2) is 0 Å². The molecule has 0 atom stereocenters. The van der Waals surface area contributed by atoms with Crippen LogP contribution in [0, 0.1) is 0 Å². The number of hydrogen-bond acceptors (Lipinski definition) is 4. The maximum Gasteiger partial charge on any atom is 0.416 e. The van der Waals surface area contributed by atoms with Crippen LogP contribution in [0.2, 0.25) is 0 Å². The maximum atomic E-state index is 12.8. The number of benzene rings is 3. The molecule has 0 saturated heterocycles. The van der Waals surface area contributed by atoms with Crippen LogP contribution in [0.3, 0.4) is 0 Å². The molecule has 5 aromatic rings. The van der Waals surface area contributed by atoms with Gasteiger partial charge in [0.15, 0.2) is 0 Å². The molecule has 4 nitrogen and oxygen atoms in total. The van der Waals surface area contributed by atoms with E-state index in [-0.39, 0.29) is 5.89 Å². The number of halogens is 3. The normalized spacial score (nSPS) is 11.5. The molecule has 0 spiro atoms. The second kappa shape index (κ2) is 8.35. The summed E-state index contributed by atoms with van der Waals surface area (Å²) in [6.45, 7) is 0.